The first-order chi connectivity index (χ1) is 7.79. The van der Waals surface area contributed by atoms with Gasteiger partial charge in [-0.3, -0.25) is 0 Å². The summed E-state index contributed by atoms with van der Waals surface area (Å²) in [5.41, 5.74) is 1.19. The molecule has 2 atom stereocenters. The Kier molecular flexibility index (Phi) is 2.19. The van der Waals surface area contributed by atoms with E-state index < -0.39 is 0 Å². The predicted molar refractivity (Wildman–Crippen MR) is 55.9 cm³/mol. The number of H-pyrrole nitrogens is 1. The number of rotatable bonds is 3. The minimum absolute atomic E-state index is 0.355. The summed E-state index contributed by atoms with van der Waals surface area (Å²) in [6, 6.07) is 0. The van der Waals surface area contributed by atoms with E-state index >= 15 is 0 Å². The first kappa shape index (κ1) is 9.81. The number of hydrogen-bond donors (Lipinski definition) is 1. The molecule has 1 heterocycles. The first-order valence-electron chi connectivity index (χ1n) is 5.87. The van der Waals surface area contributed by atoms with E-state index in [4.69, 9.17) is 4.74 Å². The minimum Gasteiger partial charge on any atom is -0.461 e. The average molecular weight is 221 g/mol. The van der Waals surface area contributed by atoms with Gasteiger partial charge >= 0.3 is 5.97 Å². The van der Waals surface area contributed by atoms with Crippen LogP contribution >= 0.6 is 0 Å². The van der Waals surface area contributed by atoms with Gasteiger partial charge in [0, 0.05) is 5.92 Å². The summed E-state index contributed by atoms with van der Waals surface area (Å²) in [7, 11) is 0. The summed E-state index contributed by atoms with van der Waals surface area (Å²) in [6.07, 6.45) is 3.68. The fourth-order valence-electron chi connectivity index (χ4n) is 2.81. The zero-order valence-electron chi connectivity index (χ0n) is 9.27. The number of hydrogen-bond acceptors (Lipinski definition) is 4. The van der Waals surface area contributed by atoms with Crippen molar-refractivity contribution in [2.45, 2.75) is 32.1 Å². The minimum atomic E-state index is -0.355. The summed E-state index contributed by atoms with van der Waals surface area (Å²) in [6.45, 7) is 2.17. The molecule has 3 rings (SSSR count). The van der Waals surface area contributed by atoms with Gasteiger partial charge in [-0.15, -0.1) is 5.10 Å². The van der Waals surface area contributed by atoms with E-state index in [-0.39, 0.29) is 5.97 Å². The molecule has 2 aliphatic rings. The van der Waals surface area contributed by atoms with Crippen molar-refractivity contribution in [3.63, 3.8) is 0 Å². The molecule has 0 spiro atoms. The highest BCUT2D eigenvalue weighted by Gasteiger charge is 2.47. The topological polar surface area (TPSA) is 67.9 Å². The molecule has 16 heavy (non-hydrogen) atoms. The van der Waals surface area contributed by atoms with Crippen molar-refractivity contribution in [1.29, 1.82) is 0 Å². The Morgan fingerprint density at radius 1 is 1.38 bits per heavy atom. The number of aromatic amines is 1. The van der Waals surface area contributed by atoms with Crippen LogP contribution in [0.2, 0.25) is 0 Å². The summed E-state index contributed by atoms with van der Waals surface area (Å²) >= 11 is 0. The molecule has 2 fully saturated rings. The number of nitrogens with one attached hydrogen (secondary N) is 1. The van der Waals surface area contributed by atoms with Crippen molar-refractivity contribution in [3.8, 4) is 0 Å². The SMILES string of the molecule is CCOC(=O)c1n[nH]nc1C1CC2CC2C1. The Labute approximate surface area is 93.6 Å². The molecule has 1 aromatic heterocycles. The lowest BCUT2D eigenvalue weighted by Gasteiger charge is -2.09. The van der Waals surface area contributed by atoms with E-state index in [2.05, 4.69) is 15.4 Å². The Morgan fingerprint density at radius 3 is 2.81 bits per heavy atom. The van der Waals surface area contributed by atoms with Gasteiger partial charge in [0.2, 0.25) is 0 Å². The Bertz CT molecular complexity index is 405. The summed E-state index contributed by atoms with van der Waals surface area (Å²) in [5.74, 6) is 1.79. The second-order valence-electron chi connectivity index (χ2n) is 4.70. The van der Waals surface area contributed by atoms with Crippen LogP contribution < -0.4 is 0 Å². The monoisotopic (exact) mass is 221 g/mol. The van der Waals surface area contributed by atoms with Crippen molar-refractivity contribution < 1.29 is 9.53 Å². The smallest absolute Gasteiger partial charge is 0.360 e. The lowest BCUT2D eigenvalue weighted by molar-refractivity contribution is 0.0517. The molecule has 0 saturated heterocycles. The number of carbonyl (C=O) groups excluding carboxylic acids is 1. The lowest BCUT2D eigenvalue weighted by Crippen LogP contribution is -2.10. The average Bonchev–Trinajstić information content (AvgIpc) is 2.74. The molecule has 2 unspecified atom stereocenters. The van der Waals surface area contributed by atoms with Crippen molar-refractivity contribution >= 4 is 5.97 Å². The second-order valence-corrected chi connectivity index (χ2v) is 4.70. The number of nitrogens with zero attached hydrogens (tertiary/aromatic N) is 2. The first-order valence-corrected chi connectivity index (χ1v) is 5.87. The maximum Gasteiger partial charge on any atom is 0.360 e. The molecule has 1 N–H and O–H groups in total. The lowest BCUT2D eigenvalue weighted by atomic mass is 9.98. The number of esters is 1. The number of aromatic nitrogens is 3. The van der Waals surface area contributed by atoms with Crippen LogP contribution in [0.3, 0.4) is 0 Å². The predicted octanol–water partition coefficient (Wildman–Crippen LogP) is 1.49. The maximum absolute atomic E-state index is 11.6. The zero-order chi connectivity index (χ0) is 11.1. The quantitative estimate of drug-likeness (QED) is 0.785. The van der Waals surface area contributed by atoms with E-state index in [1.54, 1.807) is 6.92 Å². The molecule has 5 heteroatoms. The highest BCUT2D eigenvalue weighted by Crippen LogP contribution is 2.57. The number of fused-ring (bicyclic) bond motifs is 1. The summed E-state index contributed by atoms with van der Waals surface area (Å²) in [5, 5.41) is 10.6. The van der Waals surface area contributed by atoms with E-state index in [0.29, 0.717) is 18.2 Å². The van der Waals surface area contributed by atoms with Gasteiger partial charge in [-0.25, -0.2) is 4.79 Å². The zero-order valence-corrected chi connectivity index (χ0v) is 9.27. The van der Waals surface area contributed by atoms with E-state index in [1.165, 1.54) is 6.42 Å². The van der Waals surface area contributed by atoms with Gasteiger partial charge < -0.3 is 4.74 Å². The molecular weight excluding hydrogens is 206 g/mol. The van der Waals surface area contributed by atoms with Crippen LogP contribution in [0.25, 0.3) is 0 Å². The normalized spacial score (nSPS) is 31.2. The van der Waals surface area contributed by atoms with Crippen molar-refractivity contribution in [2.24, 2.45) is 11.8 Å². The van der Waals surface area contributed by atoms with Crippen LogP contribution in [0.5, 0.6) is 0 Å². The fourth-order valence-corrected chi connectivity index (χ4v) is 2.81. The van der Waals surface area contributed by atoms with Gasteiger partial charge in [0.1, 0.15) is 5.69 Å². The third kappa shape index (κ3) is 1.50. The molecular formula is C11H15N3O2. The maximum atomic E-state index is 11.6. The molecule has 86 valence electrons. The van der Waals surface area contributed by atoms with Gasteiger partial charge in [0.05, 0.1) is 6.61 Å². The molecule has 0 aliphatic heterocycles. The van der Waals surface area contributed by atoms with Crippen LogP contribution in [-0.4, -0.2) is 28.0 Å². The van der Waals surface area contributed by atoms with E-state index in [9.17, 15) is 4.79 Å². The largest absolute Gasteiger partial charge is 0.461 e. The molecule has 2 saturated carbocycles. The van der Waals surface area contributed by atoms with Crippen molar-refractivity contribution in [2.75, 3.05) is 6.61 Å². The fraction of sp³-hybridized carbons (Fsp3) is 0.727. The summed E-state index contributed by atoms with van der Waals surface area (Å²) < 4.78 is 4.96. The van der Waals surface area contributed by atoms with Crippen LogP contribution in [0.1, 0.15) is 48.3 Å². The molecule has 5 nitrogen and oxygen atoms in total. The van der Waals surface area contributed by atoms with Crippen molar-refractivity contribution in [3.05, 3.63) is 11.4 Å². The molecule has 2 aliphatic carbocycles. The van der Waals surface area contributed by atoms with Crippen LogP contribution in [0.15, 0.2) is 0 Å². The van der Waals surface area contributed by atoms with Gasteiger partial charge in [-0.05, 0) is 38.0 Å². The van der Waals surface area contributed by atoms with Gasteiger partial charge in [0.25, 0.3) is 0 Å². The standard InChI is InChI=1S/C11H15N3O2/c1-2-16-11(15)10-9(12-14-13-10)8-4-6-3-7(6)5-8/h6-8H,2-5H2,1H3,(H,12,13,14). The van der Waals surface area contributed by atoms with E-state index in [1.807, 2.05) is 0 Å². The van der Waals surface area contributed by atoms with Crippen molar-refractivity contribution in [1.82, 2.24) is 15.4 Å². The molecule has 0 aromatic carbocycles. The van der Waals surface area contributed by atoms with E-state index in [0.717, 1.165) is 30.4 Å². The molecule has 0 bridgehead atoms. The Balaban J connectivity index is 1.79. The third-order valence-electron chi connectivity index (χ3n) is 3.67. The van der Waals surface area contributed by atoms with Gasteiger partial charge in [0.15, 0.2) is 5.69 Å². The number of carbonyl (C=O) groups is 1. The van der Waals surface area contributed by atoms with Crippen LogP contribution in [0, 0.1) is 11.8 Å². The summed E-state index contributed by atoms with van der Waals surface area (Å²) in [4.78, 5) is 11.6. The van der Waals surface area contributed by atoms with Crippen LogP contribution in [0.4, 0.5) is 0 Å². The Morgan fingerprint density at radius 2 is 2.12 bits per heavy atom. The van der Waals surface area contributed by atoms with Gasteiger partial charge in [-0.2, -0.15) is 10.3 Å². The molecule has 0 radical (unpaired) electrons. The molecule has 0 amide bonds. The van der Waals surface area contributed by atoms with Gasteiger partial charge in [-0.1, -0.05) is 0 Å². The second kappa shape index (κ2) is 3.57. The molecule has 1 aromatic rings. The Hall–Kier alpha value is -1.39. The highest BCUT2D eigenvalue weighted by molar-refractivity contribution is 5.88. The van der Waals surface area contributed by atoms with Crippen LogP contribution in [-0.2, 0) is 4.74 Å². The number of ether oxygens (including phenoxy) is 1. The third-order valence-corrected chi connectivity index (χ3v) is 3.67. The highest BCUT2D eigenvalue weighted by atomic mass is 16.5.